The quantitative estimate of drug-likeness (QED) is 0.762. The molecule has 1 aromatic rings. The zero-order valence-electron chi connectivity index (χ0n) is 10.7. The summed E-state index contributed by atoms with van der Waals surface area (Å²) in [6.07, 6.45) is 0.913. The van der Waals surface area contributed by atoms with E-state index in [-0.39, 0.29) is 12.5 Å². The van der Waals surface area contributed by atoms with Gasteiger partial charge < -0.3 is 16.0 Å². The van der Waals surface area contributed by atoms with Crippen LogP contribution in [0.15, 0.2) is 18.2 Å². The van der Waals surface area contributed by atoms with Gasteiger partial charge in [0.1, 0.15) is 6.07 Å². The smallest absolute Gasteiger partial charge is 0.239 e. The largest absolute Gasteiger partial charge is 0.398 e. The lowest BCUT2D eigenvalue weighted by molar-refractivity contribution is -0.119. The molecule has 0 fully saturated rings. The first-order valence-electron chi connectivity index (χ1n) is 5.86. The summed E-state index contributed by atoms with van der Waals surface area (Å²) < 4.78 is 0. The van der Waals surface area contributed by atoms with Gasteiger partial charge in [-0.3, -0.25) is 4.79 Å². The minimum Gasteiger partial charge on any atom is -0.398 e. The van der Waals surface area contributed by atoms with Gasteiger partial charge in [0.2, 0.25) is 5.91 Å². The highest BCUT2D eigenvalue weighted by Crippen LogP contribution is 2.19. The molecule has 0 saturated carbocycles. The maximum absolute atomic E-state index is 11.6. The number of carbonyl (C=O) groups excluding carboxylic acids is 1. The Labute approximate surface area is 107 Å². The number of nitrogens with two attached hydrogens (primary N) is 1. The fourth-order valence-corrected chi connectivity index (χ4v) is 1.51. The molecular formula is C13H18N4O. The van der Waals surface area contributed by atoms with Crippen LogP contribution in [-0.4, -0.2) is 26.0 Å². The molecule has 3 N–H and O–H groups in total. The second-order valence-electron chi connectivity index (χ2n) is 4.09. The highest BCUT2D eigenvalue weighted by atomic mass is 16.2. The summed E-state index contributed by atoms with van der Waals surface area (Å²) in [6.45, 7) is 2.94. The van der Waals surface area contributed by atoms with Crippen LogP contribution in [0.1, 0.15) is 18.9 Å². The molecule has 0 aliphatic heterocycles. The Morgan fingerprint density at radius 1 is 1.56 bits per heavy atom. The number of hydrogen-bond acceptors (Lipinski definition) is 4. The van der Waals surface area contributed by atoms with Gasteiger partial charge in [0.15, 0.2) is 0 Å². The minimum atomic E-state index is -0.0327. The van der Waals surface area contributed by atoms with Crippen LogP contribution in [0.25, 0.3) is 0 Å². The second kappa shape index (κ2) is 6.50. The van der Waals surface area contributed by atoms with Crippen molar-refractivity contribution in [3.8, 4) is 6.07 Å². The number of nitrogen functional groups attached to an aromatic ring is 1. The SMILES string of the molecule is CCCNC(=O)CN(C)c1ccc(N)c(C#N)c1. The van der Waals surface area contributed by atoms with E-state index in [1.807, 2.05) is 13.0 Å². The Morgan fingerprint density at radius 2 is 2.28 bits per heavy atom. The van der Waals surface area contributed by atoms with E-state index in [1.54, 1.807) is 30.1 Å². The monoisotopic (exact) mass is 246 g/mol. The van der Waals surface area contributed by atoms with Crippen LogP contribution in [0.2, 0.25) is 0 Å². The Hall–Kier alpha value is -2.22. The van der Waals surface area contributed by atoms with Crippen molar-refractivity contribution >= 4 is 17.3 Å². The third-order valence-electron chi connectivity index (χ3n) is 2.55. The third-order valence-corrected chi connectivity index (χ3v) is 2.55. The molecule has 0 aliphatic rings. The first kappa shape index (κ1) is 13.8. The van der Waals surface area contributed by atoms with Crippen LogP contribution in [0.5, 0.6) is 0 Å². The molecule has 0 saturated heterocycles. The topological polar surface area (TPSA) is 82.2 Å². The number of anilines is 2. The molecule has 1 rings (SSSR count). The summed E-state index contributed by atoms with van der Waals surface area (Å²) in [4.78, 5) is 13.3. The van der Waals surface area contributed by atoms with Crippen molar-refractivity contribution in [1.82, 2.24) is 5.32 Å². The van der Waals surface area contributed by atoms with Crippen molar-refractivity contribution < 1.29 is 4.79 Å². The van der Waals surface area contributed by atoms with Gasteiger partial charge in [-0.2, -0.15) is 5.26 Å². The number of hydrogen-bond donors (Lipinski definition) is 2. The summed E-state index contributed by atoms with van der Waals surface area (Å²) in [6, 6.07) is 7.18. The van der Waals surface area contributed by atoms with E-state index < -0.39 is 0 Å². The number of nitrogens with zero attached hydrogens (tertiary/aromatic N) is 2. The third kappa shape index (κ3) is 3.67. The fraction of sp³-hybridized carbons (Fsp3) is 0.385. The highest BCUT2D eigenvalue weighted by molar-refractivity contribution is 5.81. The second-order valence-corrected chi connectivity index (χ2v) is 4.09. The zero-order chi connectivity index (χ0) is 13.5. The number of likely N-dealkylation sites (N-methyl/N-ethyl adjacent to an activating group) is 1. The van der Waals surface area contributed by atoms with Crippen LogP contribution in [0.3, 0.4) is 0 Å². The van der Waals surface area contributed by atoms with E-state index in [0.717, 1.165) is 12.1 Å². The van der Waals surface area contributed by atoms with E-state index in [2.05, 4.69) is 5.32 Å². The first-order chi connectivity index (χ1) is 8.58. The maximum Gasteiger partial charge on any atom is 0.239 e. The molecule has 18 heavy (non-hydrogen) atoms. The highest BCUT2D eigenvalue weighted by Gasteiger charge is 2.08. The molecule has 0 aromatic heterocycles. The van der Waals surface area contributed by atoms with Gasteiger partial charge >= 0.3 is 0 Å². The van der Waals surface area contributed by atoms with Crippen molar-refractivity contribution in [3.05, 3.63) is 23.8 Å². The Balaban J connectivity index is 2.70. The average molecular weight is 246 g/mol. The molecular weight excluding hydrogens is 228 g/mol. The van der Waals surface area contributed by atoms with Crippen molar-refractivity contribution in [2.75, 3.05) is 30.8 Å². The Morgan fingerprint density at radius 3 is 2.89 bits per heavy atom. The summed E-state index contributed by atoms with van der Waals surface area (Å²) in [5, 5.41) is 11.7. The summed E-state index contributed by atoms with van der Waals surface area (Å²) >= 11 is 0. The molecule has 0 unspecified atom stereocenters. The molecule has 5 nitrogen and oxygen atoms in total. The predicted molar refractivity (Wildman–Crippen MR) is 72.1 cm³/mol. The van der Waals surface area contributed by atoms with Gasteiger partial charge in [0, 0.05) is 25.0 Å². The van der Waals surface area contributed by atoms with Crippen molar-refractivity contribution in [3.63, 3.8) is 0 Å². The normalized spacial score (nSPS) is 9.61. The van der Waals surface area contributed by atoms with E-state index in [9.17, 15) is 4.79 Å². The molecule has 1 aromatic carbocycles. The van der Waals surface area contributed by atoms with E-state index in [0.29, 0.717) is 17.8 Å². The van der Waals surface area contributed by atoms with Crippen LogP contribution < -0.4 is 16.0 Å². The van der Waals surface area contributed by atoms with Gasteiger partial charge in [-0.1, -0.05) is 6.92 Å². The molecule has 0 aliphatic carbocycles. The molecule has 0 heterocycles. The van der Waals surface area contributed by atoms with Gasteiger partial charge in [-0.25, -0.2) is 0 Å². The van der Waals surface area contributed by atoms with Crippen LogP contribution in [0.4, 0.5) is 11.4 Å². The standard InChI is InChI=1S/C13H18N4O/c1-3-6-16-13(18)9-17(2)11-4-5-12(15)10(7-11)8-14/h4-5,7H,3,6,9,15H2,1-2H3,(H,16,18). The number of benzene rings is 1. The zero-order valence-corrected chi connectivity index (χ0v) is 10.7. The lowest BCUT2D eigenvalue weighted by Crippen LogP contribution is -2.35. The Kier molecular flexibility index (Phi) is 5.00. The van der Waals surface area contributed by atoms with E-state index >= 15 is 0 Å². The van der Waals surface area contributed by atoms with E-state index in [1.165, 1.54) is 0 Å². The molecule has 96 valence electrons. The van der Waals surface area contributed by atoms with Crippen LogP contribution in [0, 0.1) is 11.3 Å². The summed E-state index contributed by atoms with van der Waals surface area (Å²) in [7, 11) is 1.80. The lowest BCUT2D eigenvalue weighted by Gasteiger charge is -2.19. The number of nitrogens with one attached hydrogen (secondary N) is 1. The summed E-state index contributed by atoms with van der Waals surface area (Å²) in [5.74, 6) is -0.0327. The van der Waals surface area contributed by atoms with E-state index in [4.69, 9.17) is 11.0 Å². The van der Waals surface area contributed by atoms with Crippen LogP contribution in [-0.2, 0) is 4.79 Å². The molecule has 1 amide bonds. The van der Waals surface area contributed by atoms with Crippen molar-refractivity contribution in [2.24, 2.45) is 0 Å². The molecule has 5 heteroatoms. The van der Waals surface area contributed by atoms with Crippen molar-refractivity contribution in [2.45, 2.75) is 13.3 Å². The molecule has 0 atom stereocenters. The number of nitriles is 1. The molecule has 0 bridgehead atoms. The maximum atomic E-state index is 11.6. The Bertz CT molecular complexity index is 465. The minimum absolute atomic E-state index is 0.0327. The summed E-state index contributed by atoms with van der Waals surface area (Å²) in [5.41, 5.74) is 7.32. The molecule has 0 radical (unpaired) electrons. The number of rotatable bonds is 5. The predicted octanol–water partition coefficient (Wildman–Crippen LogP) is 1.10. The first-order valence-corrected chi connectivity index (χ1v) is 5.86. The lowest BCUT2D eigenvalue weighted by atomic mass is 10.1. The fourth-order valence-electron chi connectivity index (χ4n) is 1.51. The average Bonchev–Trinajstić information content (AvgIpc) is 2.36. The number of amides is 1. The number of carbonyl (C=O) groups is 1. The van der Waals surface area contributed by atoms with Gasteiger partial charge in [0.25, 0.3) is 0 Å². The molecule has 0 spiro atoms. The van der Waals surface area contributed by atoms with Gasteiger partial charge in [-0.05, 0) is 24.6 Å². The van der Waals surface area contributed by atoms with Crippen molar-refractivity contribution in [1.29, 1.82) is 5.26 Å². The van der Waals surface area contributed by atoms with Gasteiger partial charge in [-0.15, -0.1) is 0 Å². The van der Waals surface area contributed by atoms with Gasteiger partial charge in [0.05, 0.1) is 12.1 Å². The van der Waals surface area contributed by atoms with Crippen LogP contribution >= 0.6 is 0 Å².